The Labute approximate surface area is 120 Å². The third-order valence-electron chi connectivity index (χ3n) is 3.11. The van der Waals surface area contributed by atoms with E-state index in [9.17, 15) is 19.2 Å². The summed E-state index contributed by atoms with van der Waals surface area (Å²) in [4.78, 5) is 45.5. The predicted molar refractivity (Wildman–Crippen MR) is 71.7 cm³/mol. The Kier molecular flexibility index (Phi) is 4.79. The fourth-order valence-electron chi connectivity index (χ4n) is 1.65. The molecule has 0 aliphatic heterocycles. The largest absolute Gasteiger partial charge is 0.368 e. The highest BCUT2D eigenvalue weighted by atomic mass is 16.2. The molecule has 0 aromatic carbocycles. The molecule has 1 unspecified atom stereocenters. The summed E-state index contributed by atoms with van der Waals surface area (Å²) in [6.07, 6.45) is 1.00. The van der Waals surface area contributed by atoms with Crippen molar-refractivity contribution in [3.8, 4) is 0 Å². The molecule has 9 nitrogen and oxygen atoms in total. The second kappa shape index (κ2) is 6.16. The van der Waals surface area contributed by atoms with Gasteiger partial charge in [0.25, 0.3) is 11.8 Å². The molecule has 9 heteroatoms. The number of rotatable bonds is 7. The average molecular weight is 295 g/mol. The van der Waals surface area contributed by atoms with Crippen LogP contribution in [0.25, 0.3) is 0 Å². The van der Waals surface area contributed by atoms with Crippen LogP contribution in [0.2, 0.25) is 0 Å². The number of hydrogen-bond donors (Lipinski definition) is 3. The molecule has 0 fully saturated rings. The molecule has 1 heterocycles. The number of carbonyl (C=O) groups is 4. The van der Waals surface area contributed by atoms with Gasteiger partial charge in [-0.1, -0.05) is 0 Å². The number of aryl methyl sites for hydroxylation is 1. The number of amides is 3. The van der Waals surface area contributed by atoms with Crippen LogP contribution in [-0.4, -0.2) is 38.8 Å². The molecule has 1 atom stereocenters. The molecule has 0 aliphatic rings. The van der Waals surface area contributed by atoms with E-state index in [2.05, 4.69) is 10.4 Å². The van der Waals surface area contributed by atoms with Crippen molar-refractivity contribution in [1.82, 2.24) is 15.1 Å². The van der Waals surface area contributed by atoms with Crippen molar-refractivity contribution in [2.75, 3.05) is 0 Å². The Morgan fingerprint density at radius 2 is 1.95 bits per heavy atom. The number of nitrogens with one attached hydrogen (secondary N) is 1. The van der Waals surface area contributed by atoms with Gasteiger partial charge in [0.15, 0.2) is 0 Å². The van der Waals surface area contributed by atoms with E-state index in [-0.39, 0.29) is 18.5 Å². The lowest BCUT2D eigenvalue weighted by atomic mass is 9.93. The van der Waals surface area contributed by atoms with E-state index in [1.165, 1.54) is 23.9 Å². The maximum absolute atomic E-state index is 12.1. The molecule has 0 saturated carbocycles. The van der Waals surface area contributed by atoms with Gasteiger partial charge >= 0.3 is 0 Å². The average Bonchev–Trinajstić information content (AvgIpc) is 2.81. The molecular weight excluding hydrogens is 278 g/mol. The van der Waals surface area contributed by atoms with Crippen LogP contribution in [-0.2, 0) is 21.4 Å². The second-order valence-electron chi connectivity index (χ2n) is 4.78. The lowest BCUT2D eigenvalue weighted by Crippen LogP contribution is -2.56. The minimum absolute atomic E-state index is 0.131. The molecule has 1 aromatic rings. The van der Waals surface area contributed by atoms with E-state index in [0.29, 0.717) is 0 Å². The van der Waals surface area contributed by atoms with Gasteiger partial charge in [0.2, 0.25) is 11.7 Å². The highest BCUT2D eigenvalue weighted by Gasteiger charge is 2.34. The number of Topliss-reactive ketones (excluding diaryl/α,β-unsaturated/α-hetero) is 1. The van der Waals surface area contributed by atoms with Crippen molar-refractivity contribution in [3.63, 3.8) is 0 Å². The minimum atomic E-state index is -1.48. The highest BCUT2D eigenvalue weighted by molar-refractivity contribution is 6.35. The molecule has 1 rings (SSSR count). The zero-order chi connectivity index (χ0) is 16.2. The van der Waals surface area contributed by atoms with Crippen LogP contribution in [0.3, 0.4) is 0 Å². The van der Waals surface area contributed by atoms with Crippen LogP contribution < -0.4 is 16.8 Å². The van der Waals surface area contributed by atoms with E-state index in [1.54, 1.807) is 7.05 Å². The van der Waals surface area contributed by atoms with Gasteiger partial charge in [0, 0.05) is 19.7 Å². The molecule has 3 amide bonds. The first-order valence-corrected chi connectivity index (χ1v) is 6.10. The first-order valence-electron chi connectivity index (χ1n) is 6.10. The third kappa shape index (κ3) is 3.88. The van der Waals surface area contributed by atoms with Crippen molar-refractivity contribution in [2.24, 2.45) is 18.5 Å². The summed E-state index contributed by atoms with van der Waals surface area (Å²) in [6, 6.07) is 1.46. The maximum atomic E-state index is 12.1. The third-order valence-corrected chi connectivity index (χ3v) is 3.11. The molecule has 0 radical (unpaired) electrons. The Morgan fingerprint density at radius 1 is 1.33 bits per heavy atom. The molecule has 5 N–H and O–H groups in total. The minimum Gasteiger partial charge on any atom is -0.368 e. The van der Waals surface area contributed by atoms with Crippen LogP contribution >= 0.6 is 0 Å². The molecule has 0 spiro atoms. The van der Waals surface area contributed by atoms with Gasteiger partial charge in [-0.05, 0) is 19.4 Å². The van der Waals surface area contributed by atoms with E-state index >= 15 is 0 Å². The highest BCUT2D eigenvalue weighted by Crippen LogP contribution is 2.13. The van der Waals surface area contributed by atoms with Crippen molar-refractivity contribution in [3.05, 3.63) is 18.0 Å². The van der Waals surface area contributed by atoms with Gasteiger partial charge < -0.3 is 16.8 Å². The first-order chi connectivity index (χ1) is 9.67. The molecule has 1 aromatic heterocycles. The van der Waals surface area contributed by atoms with Gasteiger partial charge in [-0.15, -0.1) is 0 Å². The fraction of sp³-hybridized carbons (Fsp3) is 0.417. The Balaban J connectivity index is 2.84. The number of nitrogens with two attached hydrogens (primary N) is 2. The summed E-state index contributed by atoms with van der Waals surface area (Å²) in [5, 5.41) is 6.29. The summed E-state index contributed by atoms with van der Waals surface area (Å²) in [7, 11) is 1.56. The van der Waals surface area contributed by atoms with Gasteiger partial charge in [0.1, 0.15) is 11.2 Å². The fourth-order valence-corrected chi connectivity index (χ4v) is 1.65. The van der Waals surface area contributed by atoms with Gasteiger partial charge in [0.05, 0.1) is 0 Å². The smallest absolute Gasteiger partial charge is 0.284 e. The first kappa shape index (κ1) is 16.3. The quantitative estimate of drug-likeness (QED) is 0.508. The zero-order valence-electron chi connectivity index (χ0n) is 11.8. The Morgan fingerprint density at radius 3 is 2.38 bits per heavy atom. The maximum Gasteiger partial charge on any atom is 0.284 e. The molecule has 0 bridgehead atoms. The molecular formula is C12H17N5O4. The van der Waals surface area contributed by atoms with Crippen molar-refractivity contribution < 1.29 is 19.2 Å². The van der Waals surface area contributed by atoms with Gasteiger partial charge in [-0.3, -0.25) is 23.9 Å². The van der Waals surface area contributed by atoms with E-state index in [4.69, 9.17) is 11.5 Å². The number of primary amides is 2. The lowest BCUT2D eigenvalue weighted by molar-refractivity contribution is -0.136. The molecule has 114 valence electrons. The monoisotopic (exact) mass is 295 g/mol. The Bertz CT molecular complexity index is 594. The van der Waals surface area contributed by atoms with Crippen LogP contribution in [0.15, 0.2) is 12.3 Å². The summed E-state index contributed by atoms with van der Waals surface area (Å²) in [5.74, 6) is -3.32. The summed E-state index contributed by atoms with van der Waals surface area (Å²) in [5.41, 5.74) is 8.85. The SMILES string of the molecule is Cn1nccc1C(=O)NC(C)(CCC(=O)C(N)=O)C(N)=O. The predicted octanol–water partition coefficient (Wildman–Crippen LogP) is -1.77. The van der Waals surface area contributed by atoms with E-state index in [0.717, 1.165) is 0 Å². The van der Waals surface area contributed by atoms with Crippen LogP contribution in [0.5, 0.6) is 0 Å². The van der Waals surface area contributed by atoms with Gasteiger partial charge in [-0.25, -0.2) is 0 Å². The summed E-state index contributed by atoms with van der Waals surface area (Å²) in [6.45, 7) is 1.37. The second-order valence-corrected chi connectivity index (χ2v) is 4.78. The summed E-state index contributed by atoms with van der Waals surface area (Å²) < 4.78 is 1.32. The summed E-state index contributed by atoms with van der Waals surface area (Å²) >= 11 is 0. The van der Waals surface area contributed by atoms with Gasteiger partial charge in [-0.2, -0.15) is 5.10 Å². The van der Waals surface area contributed by atoms with Crippen LogP contribution in [0.1, 0.15) is 30.3 Å². The normalized spacial score (nSPS) is 13.2. The lowest BCUT2D eigenvalue weighted by Gasteiger charge is -2.27. The number of hydrogen-bond acceptors (Lipinski definition) is 5. The van der Waals surface area contributed by atoms with Crippen molar-refractivity contribution >= 4 is 23.5 Å². The number of carbonyl (C=O) groups excluding carboxylic acids is 4. The Hall–Kier alpha value is -2.71. The van der Waals surface area contributed by atoms with Crippen LogP contribution in [0, 0.1) is 0 Å². The van der Waals surface area contributed by atoms with Crippen molar-refractivity contribution in [2.45, 2.75) is 25.3 Å². The van der Waals surface area contributed by atoms with E-state index < -0.39 is 29.0 Å². The number of aromatic nitrogens is 2. The topological polar surface area (TPSA) is 150 Å². The van der Waals surface area contributed by atoms with E-state index in [1.807, 2.05) is 0 Å². The molecule has 0 saturated heterocycles. The zero-order valence-corrected chi connectivity index (χ0v) is 11.8. The van der Waals surface area contributed by atoms with Crippen molar-refractivity contribution in [1.29, 1.82) is 0 Å². The molecule has 21 heavy (non-hydrogen) atoms. The molecule has 0 aliphatic carbocycles. The number of nitrogens with zero attached hydrogens (tertiary/aromatic N) is 2. The van der Waals surface area contributed by atoms with Crippen LogP contribution in [0.4, 0.5) is 0 Å². The standard InChI is InChI=1S/C12H17N5O4/c1-12(11(14)21,5-3-8(18)9(13)19)16-10(20)7-4-6-15-17(7)2/h4,6H,3,5H2,1-2H3,(H2,13,19)(H2,14,21)(H,16,20). The number of ketones is 1.